The maximum Gasteiger partial charge on any atom is 0.344 e. The van der Waals surface area contributed by atoms with Crippen molar-refractivity contribution in [3.05, 3.63) is 53.6 Å². The summed E-state index contributed by atoms with van der Waals surface area (Å²) in [7, 11) is 2.96. The largest absolute Gasteiger partial charge is 0.493 e. The van der Waals surface area contributed by atoms with Gasteiger partial charge in [-0.2, -0.15) is 5.10 Å². The average molecular weight is 443 g/mol. The second kappa shape index (κ2) is 12.6. The van der Waals surface area contributed by atoms with Crippen LogP contribution < -0.4 is 25.0 Å². The maximum absolute atomic E-state index is 12.2. The van der Waals surface area contributed by atoms with Crippen LogP contribution in [0.3, 0.4) is 0 Å². The van der Waals surface area contributed by atoms with Crippen LogP contribution in [-0.2, 0) is 14.3 Å². The third-order valence-corrected chi connectivity index (χ3v) is 3.98. The first-order chi connectivity index (χ1) is 15.5. The minimum Gasteiger partial charge on any atom is -0.493 e. The second-order valence-corrected chi connectivity index (χ2v) is 6.21. The molecule has 0 atom stereocenters. The molecule has 0 aliphatic rings. The lowest BCUT2D eigenvalue weighted by molar-refractivity contribution is -0.145. The molecular formula is C22H25N3O7. The lowest BCUT2D eigenvalue weighted by atomic mass is 10.2. The van der Waals surface area contributed by atoms with Crippen molar-refractivity contribution in [3.63, 3.8) is 0 Å². The molecule has 2 N–H and O–H groups in total. The van der Waals surface area contributed by atoms with Crippen LogP contribution in [0.15, 0.2) is 47.6 Å². The van der Waals surface area contributed by atoms with Crippen LogP contribution in [0.1, 0.15) is 22.8 Å². The first-order valence-electron chi connectivity index (χ1n) is 9.67. The fourth-order valence-corrected chi connectivity index (χ4v) is 2.49. The monoisotopic (exact) mass is 443 g/mol. The Balaban J connectivity index is 1.82. The smallest absolute Gasteiger partial charge is 0.344 e. The van der Waals surface area contributed by atoms with Gasteiger partial charge < -0.3 is 24.3 Å². The molecule has 0 bridgehead atoms. The summed E-state index contributed by atoms with van der Waals surface area (Å²) >= 11 is 0. The number of esters is 1. The highest BCUT2D eigenvalue weighted by molar-refractivity contribution is 5.97. The molecule has 10 heteroatoms. The number of hydrogen-bond acceptors (Lipinski definition) is 8. The van der Waals surface area contributed by atoms with Crippen molar-refractivity contribution in [1.29, 1.82) is 0 Å². The van der Waals surface area contributed by atoms with Gasteiger partial charge in [-0.15, -0.1) is 0 Å². The SMILES string of the molecule is CCOC(=O)COc1cccc(/C=N\NC(=O)CNC(=O)c2ccc(OC)c(OC)c2)c1. The normalized spacial score (nSPS) is 10.3. The molecule has 0 unspecified atom stereocenters. The first kappa shape index (κ1) is 24.2. The Morgan fingerprint density at radius 3 is 2.53 bits per heavy atom. The summed E-state index contributed by atoms with van der Waals surface area (Å²) in [5.41, 5.74) is 3.28. The molecule has 0 saturated carbocycles. The molecule has 0 fully saturated rings. The van der Waals surface area contributed by atoms with Crippen molar-refractivity contribution >= 4 is 24.0 Å². The zero-order valence-corrected chi connectivity index (χ0v) is 18.0. The number of amides is 2. The fraction of sp³-hybridized carbons (Fsp3) is 0.273. The van der Waals surface area contributed by atoms with Gasteiger partial charge in [-0.05, 0) is 42.8 Å². The number of hydrogen-bond donors (Lipinski definition) is 2. The third-order valence-electron chi connectivity index (χ3n) is 3.98. The predicted octanol–water partition coefficient (Wildman–Crippen LogP) is 1.53. The lowest BCUT2D eigenvalue weighted by Crippen LogP contribution is -2.34. The van der Waals surface area contributed by atoms with Crippen molar-refractivity contribution in [3.8, 4) is 17.2 Å². The molecule has 0 saturated heterocycles. The van der Waals surface area contributed by atoms with Gasteiger partial charge >= 0.3 is 5.97 Å². The number of nitrogens with zero attached hydrogens (tertiary/aromatic N) is 1. The number of benzene rings is 2. The quantitative estimate of drug-likeness (QED) is 0.307. The minimum absolute atomic E-state index is 0.203. The molecule has 0 spiro atoms. The molecule has 2 amide bonds. The second-order valence-electron chi connectivity index (χ2n) is 6.21. The van der Waals surface area contributed by atoms with E-state index in [1.54, 1.807) is 43.3 Å². The lowest BCUT2D eigenvalue weighted by Gasteiger charge is -2.09. The highest BCUT2D eigenvalue weighted by Crippen LogP contribution is 2.27. The van der Waals surface area contributed by atoms with E-state index in [1.165, 1.54) is 26.5 Å². The van der Waals surface area contributed by atoms with Crippen molar-refractivity contribution in [2.75, 3.05) is 34.0 Å². The van der Waals surface area contributed by atoms with E-state index in [4.69, 9.17) is 18.9 Å². The van der Waals surface area contributed by atoms with E-state index in [2.05, 4.69) is 15.8 Å². The Morgan fingerprint density at radius 2 is 1.81 bits per heavy atom. The predicted molar refractivity (Wildman–Crippen MR) is 116 cm³/mol. The Hall–Kier alpha value is -4.08. The highest BCUT2D eigenvalue weighted by atomic mass is 16.6. The Labute approximate surface area is 185 Å². The number of carbonyl (C=O) groups excluding carboxylic acids is 3. The summed E-state index contributed by atoms with van der Waals surface area (Å²) in [6.45, 7) is 1.52. The number of methoxy groups -OCH3 is 2. The van der Waals surface area contributed by atoms with Crippen molar-refractivity contribution in [2.24, 2.45) is 5.10 Å². The maximum atomic E-state index is 12.2. The molecule has 2 aromatic carbocycles. The summed E-state index contributed by atoms with van der Waals surface area (Å²) in [5, 5.41) is 6.35. The molecule has 32 heavy (non-hydrogen) atoms. The van der Waals surface area contributed by atoms with E-state index < -0.39 is 17.8 Å². The van der Waals surface area contributed by atoms with E-state index in [0.29, 0.717) is 28.4 Å². The number of ether oxygens (including phenoxy) is 4. The Bertz CT molecular complexity index is 976. The van der Waals surface area contributed by atoms with E-state index in [9.17, 15) is 14.4 Å². The van der Waals surface area contributed by atoms with E-state index in [-0.39, 0.29) is 19.8 Å². The Kier molecular flexibility index (Phi) is 9.51. The van der Waals surface area contributed by atoms with Gasteiger partial charge in [0.15, 0.2) is 18.1 Å². The van der Waals surface area contributed by atoms with E-state index >= 15 is 0 Å². The first-order valence-corrected chi connectivity index (χ1v) is 9.67. The Morgan fingerprint density at radius 1 is 1.03 bits per heavy atom. The van der Waals surface area contributed by atoms with Gasteiger partial charge in [0, 0.05) is 5.56 Å². The van der Waals surface area contributed by atoms with Crippen molar-refractivity contribution in [1.82, 2.24) is 10.7 Å². The molecule has 2 rings (SSSR count). The molecule has 0 aliphatic heterocycles. The summed E-state index contributed by atoms with van der Waals surface area (Å²) in [5.74, 6) is -0.0695. The van der Waals surface area contributed by atoms with Crippen molar-refractivity contribution < 1.29 is 33.3 Å². The zero-order chi connectivity index (χ0) is 23.3. The van der Waals surface area contributed by atoms with Crippen LogP contribution >= 0.6 is 0 Å². The summed E-state index contributed by atoms with van der Waals surface area (Å²) in [6, 6.07) is 11.5. The van der Waals surface area contributed by atoms with Crippen LogP contribution in [0.25, 0.3) is 0 Å². The molecule has 0 radical (unpaired) electrons. The molecular weight excluding hydrogens is 418 g/mol. The van der Waals surface area contributed by atoms with Crippen LogP contribution in [0.5, 0.6) is 17.2 Å². The minimum atomic E-state index is -0.509. The number of hydrazone groups is 1. The highest BCUT2D eigenvalue weighted by Gasteiger charge is 2.11. The van der Waals surface area contributed by atoms with Crippen LogP contribution in [0.4, 0.5) is 0 Å². The molecule has 170 valence electrons. The fourth-order valence-electron chi connectivity index (χ4n) is 2.49. The standard InChI is InChI=1S/C22H25N3O7/c1-4-31-21(27)14-32-17-7-5-6-15(10-17)12-24-25-20(26)13-23-22(28)16-8-9-18(29-2)19(11-16)30-3/h5-12H,4,13-14H2,1-3H3,(H,23,28)(H,25,26)/b24-12-. The number of carbonyl (C=O) groups is 3. The van der Waals surface area contributed by atoms with Gasteiger partial charge in [-0.25, -0.2) is 10.2 Å². The van der Waals surface area contributed by atoms with E-state index in [0.717, 1.165) is 0 Å². The topological polar surface area (TPSA) is 125 Å². The number of rotatable bonds is 11. The van der Waals surface area contributed by atoms with Crippen LogP contribution in [0, 0.1) is 0 Å². The van der Waals surface area contributed by atoms with Gasteiger partial charge in [0.25, 0.3) is 11.8 Å². The van der Waals surface area contributed by atoms with Crippen LogP contribution in [0.2, 0.25) is 0 Å². The van der Waals surface area contributed by atoms with Gasteiger partial charge in [0.1, 0.15) is 5.75 Å². The average Bonchev–Trinajstić information content (AvgIpc) is 2.81. The molecule has 0 aliphatic carbocycles. The van der Waals surface area contributed by atoms with Gasteiger partial charge in [-0.3, -0.25) is 9.59 Å². The molecule has 0 heterocycles. The van der Waals surface area contributed by atoms with E-state index in [1.807, 2.05) is 0 Å². The summed E-state index contributed by atoms with van der Waals surface area (Å²) in [4.78, 5) is 35.5. The van der Waals surface area contributed by atoms with Gasteiger partial charge in [-0.1, -0.05) is 12.1 Å². The van der Waals surface area contributed by atoms with Crippen LogP contribution in [-0.4, -0.2) is 58.0 Å². The van der Waals surface area contributed by atoms with Gasteiger partial charge in [0.2, 0.25) is 0 Å². The third kappa shape index (κ3) is 7.63. The molecule has 10 nitrogen and oxygen atoms in total. The molecule has 0 aromatic heterocycles. The zero-order valence-electron chi connectivity index (χ0n) is 18.0. The summed E-state index contributed by atoms with van der Waals surface area (Å²) < 4.78 is 20.4. The van der Waals surface area contributed by atoms with Gasteiger partial charge in [0.05, 0.1) is 33.6 Å². The van der Waals surface area contributed by atoms with Crippen molar-refractivity contribution in [2.45, 2.75) is 6.92 Å². The molecule has 2 aromatic rings. The number of nitrogens with one attached hydrogen (secondary N) is 2. The summed E-state index contributed by atoms with van der Waals surface area (Å²) in [6.07, 6.45) is 1.41.